The van der Waals surface area contributed by atoms with Gasteiger partial charge in [-0.3, -0.25) is 15.0 Å². The molecule has 1 N–H and O–H groups in total. The Morgan fingerprint density at radius 3 is 2.92 bits per heavy atom. The summed E-state index contributed by atoms with van der Waals surface area (Å²) in [6, 6.07) is 0. The van der Waals surface area contributed by atoms with E-state index in [1.165, 1.54) is 19.5 Å². The lowest BCUT2D eigenvalue weighted by molar-refractivity contribution is -0.0111. The van der Waals surface area contributed by atoms with Crippen molar-refractivity contribution in [3.8, 4) is 0 Å². The molecule has 4 nitrogen and oxygen atoms in total. The van der Waals surface area contributed by atoms with Gasteiger partial charge in [0.05, 0.1) is 22.8 Å². The summed E-state index contributed by atoms with van der Waals surface area (Å²) >= 11 is 8.95. The van der Waals surface area contributed by atoms with E-state index >= 15 is 0 Å². The van der Waals surface area contributed by atoms with Gasteiger partial charge < -0.3 is 0 Å². The minimum Gasteiger partial charge on any atom is -0.264 e. The van der Waals surface area contributed by atoms with E-state index in [2.05, 4.69) is 25.8 Å². The maximum absolute atomic E-state index is 9.10. The van der Waals surface area contributed by atoms with Crippen LogP contribution in [-0.4, -0.2) is 17.3 Å². The summed E-state index contributed by atoms with van der Waals surface area (Å²) in [6.45, 7) is 0. The van der Waals surface area contributed by atoms with Crippen molar-refractivity contribution in [1.29, 1.82) is 0 Å². The molecule has 1 aromatic heterocycles. The molecule has 0 radical (unpaired) electrons. The molecule has 1 rings (SSSR count). The molecule has 0 aromatic carbocycles. The van der Waals surface area contributed by atoms with Gasteiger partial charge in [0.2, 0.25) is 0 Å². The van der Waals surface area contributed by atoms with E-state index < -0.39 is 0 Å². The largest absolute Gasteiger partial charge is 0.264 e. The molecule has 0 fully saturated rings. The van der Waals surface area contributed by atoms with Gasteiger partial charge in [0, 0.05) is 6.20 Å². The van der Waals surface area contributed by atoms with Crippen molar-refractivity contribution in [2.24, 2.45) is 0 Å². The lowest BCUT2D eigenvalue weighted by atomic mass is 10.4. The van der Waals surface area contributed by atoms with Crippen LogP contribution >= 0.6 is 27.5 Å². The van der Waals surface area contributed by atoms with E-state index in [0.717, 1.165) is 0 Å². The van der Waals surface area contributed by atoms with Gasteiger partial charge in [-0.15, -0.1) is 5.23 Å². The topological polar surface area (TPSA) is 45.6 Å². The number of hydrogen-bond acceptors (Lipinski definition) is 4. The van der Waals surface area contributed by atoms with Crippen molar-refractivity contribution < 1.29 is 10.0 Å². The second-order valence-electron chi connectivity index (χ2n) is 1.91. The second kappa shape index (κ2) is 4.04. The Kier molecular flexibility index (Phi) is 3.28. The van der Waals surface area contributed by atoms with Crippen LogP contribution in [0, 0.1) is 0 Å². The lowest BCUT2D eigenvalue weighted by Crippen LogP contribution is -2.16. The highest BCUT2D eigenvalue weighted by atomic mass is 79.9. The van der Waals surface area contributed by atoms with Crippen LogP contribution in [0.1, 0.15) is 0 Å². The SMILES string of the molecule is CON(O)c1cncc(Br)c1Cl. The third-order valence-corrected chi connectivity index (χ3v) is 2.43. The van der Waals surface area contributed by atoms with Crippen LogP contribution in [0.15, 0.2) is 16.9 Å². The molecule has 0 saturated heterocycles. The Bertz CT molecular complexity index is 284. The number of halogens is 2. The summed E-state index contributed by atoms with van der Waals surface area (Å²) in [5.41, 5.74) is 0.286. The molecular formula is C6H6BrClN2O2. The Hall–Kier alpha value is -0.360. The molecule has 0 aliphatic rings. The summed E-state index contributed by atoms with van der Waals surface area (Å²) in [4.78, 5) is 8.32. The number of aromatic nitrogens is 1. The summed E-state index contributed by atoms with van der Waals surface area (Å²) in [7, 11) is 1.32. The highest BCUT2D eigenvalue weighted by Gasteiger charge is 2.10. The lowest BCUT2D eigenvalue weighted by Gasteiger charge is -2.13. The van der Waals surface area contributed by atoms with E-state index in [0.29, 0.717) is 14.7 Å². The molecule has 0 amide bonds. The van der Waals surface area contributed by atoms with Gasteiger partial charge in [-0.05, 0) is 15.9 Å². The maximum atomic E-state index is 9.10. The molecule has 1 aromatic rings. The fourth-order valence-electron chi connectivity index (χ4n) is 0.641. The molecule has 0 saturated carbocycles. The fourth-order valence-corrected chi connectivity index (χ4v) is 1.13. The normalized spacial score (nSPS) is 10.0. The van der Waals surface area contributed by atoms with Crippen molar-refractivity contribution in [1.82, 2.24) is 4.98 Å². The minimum absolute atomic E-state index is 0.286. The first-order valence-corrected chi connectivity index (χ1v) is 4.16. The molecule has 12 heavy (non-hydrogen) atoms. The van der Waals surface area contributed by atoms with Crippen LogP contribution in [0.4, 0.5) is 5.69 Å². The van der Waals surface area contributed by atoms with E-state index in [4.69, 9.17) is 16.8 Å². The second-order valence-corrected chi connectivity index (χ2v) is 3.14. The van der Waals surface area contributed by atoms with Crippen molar-refractivity contribution in [3.05, 3.63) is 21.9 Å². The van der Waals surface area contributed by atoms with Gasteiger partial charge >= 0.3 is 0 Å². The smallest absolute Gasteiger partial charge is 0.132 e. The molecule has 0 unspecified atom stereocenters. The van der Waals surface area contributed by atoms with Crippen LogP contribution in [-0.2, 0) is 4.84 Å². The van der Waals surface area contributed by atoms with E-state index in [1.54, 1.807) is 0 Å². The van der Waals surface area contributed by atoms with Gasteiger partial charge in [-0.1, -0.05) is 11.6 Å². The van der Waals surface area contributed by atoms with E-state index in [-0.39, 0.29) is 5.69 Å². The number of anilines is 1. The summed E-state index contributed by atoms with van der Waals surface area (Å²) in [5, 5.41) is 9.98. The van der Waals surface area contributed by atoms with E-state index in [1.807, 2.05) is 0 Å². The van der Waals surface area contributed by atoms with Gasteiger partial charge in [0.15, 0.2) is 0 Å². The quantitative estimate of drug-likeness (QED) is 0.821. The van der Waals surface area contributed by atoms with Crippen molar-refractivity contribution in [3.63, 3.8) is 0 Å². The highest BCUT2D eigenvalue weighted by molar-refractivity contribution is 9.10. The van der Waals surface area contributed by atoms with Crippen LogP contribution in [0.2, 0.25) is 5.02 Å². The molecular weight excluding hydrogens is 247 g/mol. The summed E-state index contributed by atoms with van der Waals surface area (Å²) < 4.78 is 0.595. The zero-order valence-corrected chi connectivity index (χ0v) is 8.50. The predicted molar refractivity (Wildman–Crippen MR) is 48.2 cm³/mol. The van der Waals surface area contributed by atoms with Crippen molar-refractivity contribution >= 4 is 33.2 Å². The fraction of sp³-hybridized carbons (Fsp3) is 0.167. The Morgan fingerprint density at radius 1 is 1.67 bits per heavy atom. The average Bonchev–Trinajstić information content (AvgIpc) is 2.08. The molecule has 66 valence electrons. The molecule has 0 atom stereocenters. The number of nitrogens with zero attached hydrogens (tertiary/aromatic N) is 2. The molecule has 0 aliphatic carbocycles. The number of hydrogen-bond donors (Lipinski definition) is 1. The first-order valence-electron chi connectivity index (χ1n) is 2.99. The summed E-state index contributed by atoms with van der Waals surface area (Å²) in [5.74, 6) is 0. The van der Waals surface area contributed by atoms with Crippen LogP contribution in [0.25, 0.3) is 0 Å². The van der Waals surface area contributed by atoms with Crippen LogP contribution in [0.5, 0.6) is 0 Å². The minimum atomic E-state index is 0.286. The molecule has 0 spiro atoms. The number of pyridine rings is 1. The maximum Gasteiger partial charge on any atom is 0.132 e. The highest BCUT2D eigenvalue weighted by Crippen LogP contribution is 2.30. The molecule has 0 aliphatic heterocycles. The van der Waals surface area contributed by atoms with Crippen molar-refractivity contribution in [2.75, 3.05) is 12.3 Å². The Labute approximate surface area is 82.8 Å². The van der Waals surface area contributed by atoms with E-state index in [9.17, 15) is 0 Å². The third kappa shape index (κ3) is 1.87. The van der Waals surface area contributed by atoms with Crippen LogP contribution in [0.3, 0.4) is 0 Å². The predicted octanol–water partition coefficient (Wildman–Crippen LogP) is 2.25. The molecule has 1 heterocycles. The van der Waals surface area contributed by atoms with Gasteiger partial charge in [-0.2, -0.15) is 0 Å². The first kappa shape index (κ1) is 9.73. The van der Waals surface area contributed by atoms with Gasteiger partial charge in [-0.25, -0.2) is 0 Å². The third-order valence-electron chi connectivity index (χ3n) is 1.20. The van der Waals surface area contributed by atoms with Gasteiger partial charge in [0.1, 0.15) is 5.69 Å². The standard InChI is InChI=1S/C6H6BrClN2O2/c1-12-10(11)5-3-9-2-4(7)6(5)8/h2-3,11H,1H3. The summed E-state index contributed by atoms with van der Waals surface area (Å²) in [6.07, 6.45) is 2.91. The van der Waals surface area contributed by atoms with Crippen LogP contribution < -0.4 is 5.23 Å². The number of rotatable bonds is 2. The Morgan fingerprint density at radius 2 is 2.33 bits per heavy atom. The first-order chi connectivity index (χ1) is 5.66. The Balaban J connectivity index is 3.07. The molecule has 0 bridgehead atoms. The average molecular weight is 253 g/mol. The molecule has 6 heteroatoms. The zero-order chi connectivity index (χ0) is 9.14. The van der Waals surface area contributed by atoms with Gasteiger partial charge in [0.25, 0.3) is 0 Å². The monoisotopic (exact) mass is 252 g/mol. The zero-order valence-electron chi connectivity index (χ0n) is 6.16. The van der Waals surface area contributed by atoms with Crippen molar-refractivity contribution in [2.45, 2.75) is 0 Å².